The molecule has 0 amide bonds. The van der Waals surface area contributed by atoms with E-state index in [1.807, 2.05) is 6.92 Å². The van der Waals surface area contributed by atoms with E-state index in [4.69, 9.17) is 0 Å². The van der Waals surface area contributed by atoms with Crippen molar-refractivity contribution < 1.29 is 0 Å². The summed E-state index contributed by atoms with van der Waals surface area (Å²) in [6, 6.07) is 9.67. The Hall–Kier alpha value is -1.78. The molecular weight excluding hydrogens is 308 g/mol. The average molecular weight is 334 g/mol. The molecule has 1 N–H and O–H groups in total. The third kappa shape index (κ3) is 2.68. The zero-order chi connectivity index (χ0) is 16.9. The maximum atomic E-state index is 4.45. The van der Waals surface area contributed by atoms with Crippen molar-refractivity contribution in [3.05, 3.63) is 47.4 Å². The van der Waals surface area contributed by atoms with Crippen molar-refractivity contribution in [2.24, 2.45) is 5.41 Å². The van der Waals surface area contributed by atoms with Crippen LogP contribution in [-0.2, 0) is 6.42 Å². The monoisotopic (exact) mass is 334 g/mol. The predicted molar refractivity (Wildman–Crippen MR) is 99.4 cm³/mol. The van der Waals surface area contributed by atoms with Crippen molar-refractivity contribution in [1.29, 1.82) is 0 Å². The summed E-state index contributed by atoms with van der Waals surface area (Å²) < 4.78 is 0. The van der Waals surface area contributed by atoms with Gasteiger partial charge in [0.2, 0.25) is 0 Å². The summed E-state index contributed by atoms with van der Waals surface area (Å²) >= 11 is 0. The fourth-order valence-electron chi connectivity index (χ4n) is 5.06. The summed E-state index contributed by atoms with van der Waals surface area (Å²) in [5.74, 6) is 0. The molecule has 1 aromatic heterocycles. The molecule has 1 atom stereocenters. The van der Waals surface area contributed by atoms with E-state index in [1.54, 1.807) is 11.9 Å². The third-order valence-corrected chi connectivity index (χ3v) is 6.47. The molecule has 0 saturated carbocycles. The number of rotatable bonds is 2. The van der Waals surface area contributed by atoms with Gasteiger partial charge in [-0.05, 0) is 74.4 Å². The van der Waals surface area contributed by atoms with Crippen molar-refractivity contribution in [1.82, 2.24) is 20.2 Å². The molecule has 2 fully saturated rings. The minimum absolute atomic E-state index is 0.617. The largest absolute Gasteiger partial charge is 0.317 e. The summed E-state index contributed by atoms with van der Waals surface area (Å²) in [6.07, 6.45) is 6.85. The van der Waals surface area contributed by atoms with E-state index in [0.717, 1.165) is 11.4 Å². The highest BCUT2D eigenvalue weighted by molar-refractivity contribution is 5.62. The third-order valence-electron chi connectivity index (χ3n) is 6.47. The van der Waals surface area contributed by atoms with Gasteiger partial charge in [0, 0.05) is 30.4 Å². The molecular formula is C21H26N4. The lowest BCUT2D eigenvalue weighted by Crippen LogP contribution is -2.60. The summed E-state index contributed by atoms with van der Waals surface area (Å²) in [5.41, 5.74) is 6.98. The molecule has 2 aromatic rings. The van der Waals surface area contributed by atoms with Crippen LogP contribution in [0.1, 0.15) is 42.1 Å². The highest BCUT2D eigenvalue weighted by Crippen LogP contribution is 2.47. The number of aromatic nitrogens is 2. The van der Waals surface area contributed by atoms with Gasteiger partial charge in [0.15, 0.2) is 0 Å². The molecule has 2 saturated heterocycles. The Morgan fingerprint density at radius 1 is 1.12 bits per heavy atom. The molecule has 2 aliphatic heterocycles. The molecule has 1 aromatic carbocycles. The number of nitrogens with one attached hydrogen (secondary N) is 1. The molecule has 3 aliphatic rings. The van der Waals surface area contributed by atoms with Crippen LogP contribution >= 0.6 is 0 Å². The first kappa shape index (κ1) is 15.5. The van der Waals surface area contributed by atoms with Crippen LogP contribution in [0.5, 0.6) is 0 Å². The molecule has 1 aliphatic carbocycles. The van der Waals surface area contributed by atoms with Crippen molar-refractivity contribution in [3.63, 3.8) is 0 Å². The van der Waals surface area contributed by atoms with E-state index in [9.17, 15) is 0 Å². The first-order valence-electron chi connectivity index (χ1n) is 9.59. The summed E-state index contributed by atoms with van der Waals surface area (Å²) in [6.45, 7) is 7.03. The van der Waals surface area contributed by atoms with Crippen LogP contribution in [0.3, 0.4) is 0 Å². The number of fused-ring (bicyclic) bond motifs is 1. The fourth-order valence-corrected chi connectivity index (χ4v) is 5.06. The number of benzene rings is 1. The van der Waals surface area contributed by atoms with Crippen LogP contribution in [0.15, 0.2) is 30.6 Å². The normalized spacial score (nSPS) is 24.9. The average Bonchev–Trinajstić information content (AvgIpc) is 3.03. The maximum Gasteiger partial charge on any atom is 0.116 e. The Morgan fingerprint density at radius 3 is 2.76 bits per heavy atom. The highest BCUT2D eigenvalue weighted by atomic mass is 15.2. The lowest BCUT2D eigenvalue weighted by molar-refractivity contribution is -0.0512. The smallest absolute Gasteiger partial charge is 0.116 e. The van der Waals surface area contributed by atoms with E-state index >= 15 is 0 Å². The first-order chi connectivity index (χ1) is 12.2. The van der Waals surface area contributed by atoms with Crippen LogP contribution in [0.2, 0.25) is 0 Å². The van der Waals surface area contributed by atoms with Gasteiger partial charge < -0.3 is 5.32 Å². The SMILES string of the molecule is Cc1cc(-c2ccc3c(c2)CCC3N2CC3(CCNCC3)C2)ncn1. The quantitative estimate of drug-likeness (QED) is 0.916. The summed E-state index contributed by atoms with van der Waals surface area (Å²) in [5, 5.41) is 3.50. The number of hydrogen-bond acceptors (Lipinski definition) is 4. The van der Waals surface area contributed by atoms with Crippen LogP contribution in [0, 0.1) is 12.3 Å². The van der Waals surface area contributed by atoms with Crippen molar-refractivity contribution in [3.8, 4) is 11.3 Å². The predicted octanol–water partition coefficient (Wildman–Crippen LogP) is 3.12. The number of piperidine rings is 1. The second kappa shape index (κ2) is 5.89. The zero-order valence-corrected chi connectivity index (χ0v) is 15.0. The van der Waals surface area contributed by atoms with Gasteiger partial charge >= 0.3 is 0 Å². The minimum atomic E-state index is 0.617. The topological polar surface area (TPSA) is 41.0 Å². The van der Waals surface area contributed by atoms with E-state index in [0.29, 0.717) is 11.5 Å². The highest BCUT2D eigenvalue weighted by Gasteiger charge is 2.46. The molecule has 1 unspecified atom stereocenters. The molecule has 1 spiro atoms. The molecule has 25 heavy (non-hydrogen) atoms. The summed E-state index contributed by atoms with van der Waals surface area (Å²) in [7, 11) is 0. The molecule has 130 valence electrons. The number of hydrogen-bond donors (Lipinski definition) is 1. The van der Waals surface area contributed by atoms with Crippen LogP contribution in [-0.4, -0.2) is 41.0 Å². The number of nitrogens with zero attached hydrogens (tertiary/aromatic N) is 3. The molecule has 4 nitrogen and oxygen atoms in total. The van der Waals surface area contributed by atoms with Crippen LogP contribution in [0.4, 0.5) is 0 Å². The lowest BCUT2D eigenvalue weighted by atomic mass is 9.71. The fraction of sp³-hybridized carbons (Fsp3) is 0.524. The van der Waals surface area contributed by atoms with E-state index < -0.39 is 0 Å². The Labute approximate surface area is 149 Å². The molecule has 4 heteroatoms. The Morgan fingerprint density at radius 2 is 1.96 bits per heavy atom. The van der Waals surface area contributed by atoms with Gasteiger partial charge in [-0.2, -0.15) is 0 Å². The molecule has 0 bridgehead atoms. The van der Waals surface area contributed by atoms with Crippen LogP contribution in [0.25, 0.3) is 11.3 Å². The Kier molecular flexibility index (Phi) is 3.64. The van der Waals surface area contributed by atoms with E-state index in [2.05, 4.69) is 44.5 Å². The Balaban J connectivity index is 1.35. The van der Waals surface area contributed by atoms with Gasteiger partial charge in [-0.3, -0.25) is 4.90 Å². The maximum absolute atomic E-state index is 4.45. The van der Waals surface area contributed by atoms with Crippen molar-refractivity contribution >= 4 is 0 Å². The van der Waals surface area contributed by atoms with Crippen molar-refractivity contribution in [2.45, 2.75) is 38.6 Å². The number of aryl methyl sites for hydroxylation is 2. The summed E-state index contributed by atoms with van der Waals surface area (Å²) in [4.78, 5) is 11.4. The zero-order valence-electron chi connectivity index (χ0n) is 15.0. The molecule has 0 radical (unpaired) electrons. The lowest BCUT2D eigenvalue weighted by Gasteiger charge is -2.55. The van der Waals surface area contributed by atoms with Crippen molar-refractivity contribution in [2.75, 3.05) is 26.2 Å². The van der Waals surface area contributed by atoms with E-state index in [-0.39, 0.29) is 0 Å². The van der Waals surface area contributed by atoms with Gasteiger partial charge in [-0.15, -0.1) is 0 Å². The Bertz CT molecular complexity index is 786. The molecule has 5 rings (SSSR count). The second-order valence-electron chi connectivity index (χ2n) is 8.17. The standard InChI is InChI=1S/C21H26N4/c1-15-10-19(24-14-23-15)17-2-4-18-16(11-17)3-5-20(18)25-12-21(13-25)6-8-22-9-7-21/h2,4,10-11,14,20,22H,3,5-9,12-13H2,1H3. The first-order valence-corrected chi connectivity index (χ1v) is 9.59. The van der Waals surface area contributed by atoms with Gasteiger partial charge in [0.25, 0.3) is 0 Å². The van der Waals surface area contributed by atoms with Gasteiger partial charge in [0.05, 0.1) is 5.69 Å². The van der Waals surface area contributed by atoms with Gasteiger partial charge in [-0.1, -0.05) is 12.1 Å². The van der Waals surface area contributed by atoms with Gasteiger partial charge in [0.1, 0.15) is 6.33 Å². The second-order valence-corrected chi connectivity index (χ2v) is 8.17. The van der Waals surface area contributed by atoms with E-state index in [1.165, 1.54) is 63.0 Å². The minimum Gasteiger partial charge on any atom is -0.317 e. The molecule has 3 heterocycles. The van der Waals surface area contributed by atoms with Gasteiger partial charge in [-0.25, -0.2) is 9.97 Å². The number of likely N-dealkylation sites (tertiary alicyclic amines) is 1. The van der Waals surface area contributed by atoms with Crippen LogP contribution < -0.4 is 5.32 Å².